The summed E-state index contributed by atoms with van der Waals surface area (Å²) in [4.78, 5) is 193. The predicted octanol–water partition coefficient (Wildman–Crippen LogP) is -2.11. The number of amides is 12. The van der Waals surface area contributed by atoms with Gasteiger partial charge in [0.25, 0.3) is 0 Å². The van der Waals surface area contributed by atoms with Crippen molar-refractivity contribution in [2.24, 2.45) is 34.0 Å². The highest BCUT2D eigenvalue weighted by molar-refractivity contribution is 6.30. The van der Waals surface area contributed by atoms with Gasteiger partial charge in [-0.05, 0) is 109 Å². The average molecular weight is 1410 g/mol. The lowest BCUT2D eigenvalue weighted by Gasteiger charge is -2.31. The quantitative estimate of drug-likeness (QED) is 0.0112. The van der Waals surface area contributed by atoms with Gasteiger partial charge in [0.15, 0.2) is 5.96 Å². The number of pyridine rings is 1. The number of aliphatic imine (C=N–C) groups is 1. The van der Waals surface area contributed by atoms with Gasteiger partial charge in [0.05, 0.1) is 6.42 Å². The maximum atomic E-state index is 15.2. The summed E-state index contributed by atoms with van der Waals surface area (Å²) in [6, 6.07) is 7.16. The Morgan fingerprint density at radius 1 is 0.680 bits per heavy atom. The molecule has 3 aromatic carbocycles. The molecule has 10 atom stereocenters. The number of hydrogen-bond donors (Lipinski definition) is 16. The van der Waals surface area contributed by atoms with E-state index in [-0.39, 0.29) is 109 Å². The molecule has 12 amide bonds. The Morgan fingerprint density at radius 2 is 1.27 bits per heavy atom. The van der Waals surface area contributed by atoms with E-state index in [0.29, 0.717) is 28.1 Å². The maximum Gasteiger partial charge on any atom is 0.327 e. The van der Waals surface area contributed by atoms with Crippen LogP contribution in [0.4, 0.5) is 0 Å². The number of hydrogen-bond acceptors (Lipinski definition) is 17. The van der Waals surface area contributed by atoms with Crippen molar-refractivity contribution in [1.29, 1.82) is 0 Å². The Morgan fingerprint density at radius 3 is 1.89 bits per heavy atom. The van der Waals surface area contributed by atoms with Gasteiger partial charge in [0.1, 0.15) is 60.4 Å². The standard InChI is InChI=1S/C67H91ClN18O14/c1-37(2)29-48-59(92)78-47(65(98)86-28-10-16-54(86)64(97)84-53(35-69)66(99)100)14-6-7-26-74-55(88)24-23-46(76-38(3)87)58(91)80-49(31-39-18-21-44(68)22-19-39)60(93)82-51(33-41-11-8-25-73-36-41)62(95)83-52(34-56(89)85-72)63(96)77-45(15-9-27-75-67(70)71)57(90)81-50(61(94)79-48)32-40-17-20-42-12-4-5-13-43(42)30-40/h4-5,8,11-13,17-22,25,30,36-37,45-54H,6-7,9-10,14-16,23-24,26-29,31-35,69,72H2,1-3H3,(H,74,88)(H,76,87)(H,77,96)(H,78,92)(H,79,94)(H,80,91)(H,81,90)(H,82,93)(H,83,95)(H,84,97)(H,85,89)(H,99,100)(H4,70,71,75)/t45-,46-,47-,48-,49+,50+,51+,52-,53-,54-/m0/s1. The first-order valence-corrected chi connectivity index (χ1v) is 33.5. The molecule has 0 radical (unpaired) electrons. The van der Waals surface area contributed by atoms with Gasteiger partial charge < -0.3 is 80.4 Å². The zero-order valence-electron chi connectivity index (χ0n) is 56.0. The molecule has 2 aliphatic rings. The van der Waals surface area contributed by atoms with Gasteiger partial charge >= 0.3 is 5.97 Å². The number of aliphatic carboxylic acids is 1. The number of rotatable bonds is 20. The zero-order chi connectivity index (χ0) is 73.0. The molecule has 32 nitrogen and oxygen atoms in total. The molecule has 0 saturated carbocycles. The SMILES string of the molecule is CC(=O)N[C@H]1CCC(=O)NCCCC[C@@H](C(=O)N2CCC[C@H]2C(=O)N[C@@H](CN)C(=O)O)NC(=O)[C@H](CC(C)C)NC(=O)[C@@H](Cc2ccc3ccccc3c2)NC(=O)[C@H](CCCN=C(N)N)NC(=O)[C@H](CC(=O)NN)NC(=O)[C@@H](Cc2cccnc2)NC(=O)[C@@H](Cc2ccc(Cl)cc2)NC1=O. The Labute approximate surface area is 582 Å². The Hall–Kier alpha value is -10.3. The van der Waals surface area contributed by atoms with Gasteiger partial charge in [-0.1, -0.05) is 86.1 Å². The van der Waals surface area contributed by atoms with E-state index in [0.717, 1.165) is 17.7 Å². The minimum atomic E-state index is -1.87. The van der Waals surface area contributed by atoms with E-state index in [2.05, 4.69) is 63.1 Å². The van der Waals surface area contributed by atoms with Crippen LogP contribution in [0.2, 0.25) is 5.02 Å². The van der Waals surface area contributed by atoms with Crippen LogP contribution in [0.1, 0.15) is 108 Å². The molecule has 3 heterocycles. The van der Waals surface area contributed by atoms with Gasteiger partial charge in [-0.2, -0.15) is 0 Å². The second kappa shape index (κ2) is 39.3. The summed E-state index contributed by atoms with van der Waals surface area (Å²) in [6.45, 7) is 4.22. The largest absolute Gasteiger partial charge is 0.480 e. The molecular formula is C67H91ClN18O14. The van der Waals surface area contributed by atoms with Crippen molar-refractivity contribution >= 4 is 105 Å². The van der Waals surface area contributed by atoms with E-state index in [4.69, 9.17) is 34.6 Å². The summed E-state index contributed by atoms with van der Waals surface area (Å²) in [5, 5.41) is 38.2. The smallest absolute Gasteiger partial charge is 0.327 e. The molecule has 33 heteroatoms. The number of carboxylic acids is 1. The number of fused-ring (bicyclic) bond motifs is 1. The van der Waals surface area contributed by atoms with Crippen molar-refractivity contribution in [3.8, 4) is 0 Å². The van der Waals surface area contributed by atoms with Gasteiger partial charge in [0.2, 0.25) is 70.9 Å². The van der Waals surface area contributed by atoms with E-state index in [1.807, 2.05) is 35.8 Å². The zero-order valence-corrected chi connectivity index (χ0v) is 56.8. The lowest BCUT2D eigenvalue weighted by atomic mass is 9.98. The predicted molar refractivity (Wildman–Crippen MR) is 368 cm³/mol. The van der Waals surface area contributed by atoms with E-state index in [1.54, 1.807) is 62.4 Å². The van der Waals surface area contributed by atoms with Crippen molar-refractivity contribution in [2.45, 2.75) is 171 Å². The Balaban J connectivity index is 1.44. The van der Waals surface area contributed by atoms with Crippen molar-refractivity contribution in [1.82, 2.24) is 68.5 Å². The Kier molecular flexibility index (Phi) is 30.9. The fourth-order valence-electron chi connectivity index (χ4n) is 11.5. The fourth-order valence-corrected chi connectivity index (χ4v) is 11.6. The fraction of sp³-hybridized carbons (Fsp3) is 0.478. The first-order chi connectivity index (χ1) is 47.7. The number of carbonyl (C=O) groups excluding carboxylic acids is 12. The summed E-state index contributed by atoms with van der Waals surface area (Å²) < 4.78 is 0. The van der Waals surface area contributed by atoms with Gasteiger partial charge in [-0.3, -0.25) is 72.9 Å². The molecule has 100 heavy (non-hydrogen) atoms. The van der Waals surface area contributed by atoms with Crippen LogP contribution in [0.3, 0.4) is 0 Å². The molecule has 6 rings (SSSR count). The lowest BCUT2D eigenvalue weighted by molar-refractivity contribution is -0.145. The number of halogens is 1. The molecule has 1 aromatic heterocycles. The van der Waals surface area contributed by atoms with Crippen molar-refractivity contribution < 1.29 is 67.4 Å². The molecule has 2 fully saturated rings. The third-order valence-electron chi connectivity index (χ3n) is 16.7. The molecule has 2 aliphatic heterocycles. The van der Waals surface area contributed by atoms with E-state index in [9.17, 15) is 57.8 Å². The number of aromatic nitrogens is 1. The molecule has 0 spiro atoms. The van der Waals surface area contributed by atoms with Crippen LogP contribution < -0.4 is 81.6 Å². The first-order valence-electron chi connectivity index (χ1n) is 33.1. The summed E-state index contributed by atoms with van der Waals surface area (Å²) >= 11 is 6.22. The third kappa shape index (κ3) is 25.2. The highest BCUT2D eigenvalue weighted by Crippen LogP contribution is 2.22. The average Bonchev–Trinajstić information content (AvgIpc) is 1.53. The van der Waals surface area contributed by atoms with E-state index >= 15 is 9.59 Å². The molecule has 0 aliphatic carbocycles. The second-order valence-electron chi connectivity index (χ2n) is 25.0. The first kappa shape index (κ1) is 78.7. The number of hydrazine groups is 1. The second-order valence-corrected chi connectivity index (χ2v) is 25.5. The van der Waals surface area contributed by atoms with Crippen molar-refractivity contribution in [3.63, 3.8) is 0 Å². The molecule has 0 unspecified atom stereocenters. The van der Waals surface area contributed by atoms with Crippen molar-refractivity contribution in [3.05, 3.63) is 113 Å². The number of nitrogens with zero attached hydrogens (tertiary/aromatic N) is 3. The van der Waals surface area contributed by atoms with Crippen LogP contribution in [0.5, 0.6) is 0 Å². The summed E-state index contributed by atoms with van der Waals surface area (Å²) in [7, 11) is 0. The van der Waals surface area contributed by atoms with Crippen LogP contribution in [0.15, 0.2) is 96.2 Å². The van der Waals surface area contributed by atoms with E-state index in [1.165, 1.54) is 17.3 Å². The van der Waals surface area contributed by atoms with Crippen LogP contribution >= 0.6 is 11.6 Å². The van der Waals surface area contributed by atoms with Gasteiger partial charge in [-0.15, -0.1) is 0 Å². The molecule has 2 saturated heterocycles. The van der Waals surface area contributed by atoms with E-state index < -0.39 is 150 Å². The number of nitrogens with two attached hydrogens (primary N) is 4. The highest BCUT2D eigenvalue weighted by Gasteiger charge is 2.41. The number of likely N-dealkylation sites (tertiary alicyclic amines) is 1. The molecule has 20 N–H and O–H groups in total. The van der Waals surface area contributed by atoms with Crippen LogP contribution in [-0.2, 0) is 81.6 Å². The van der Waals surface area contributed by atoms with Crippen LogP contribution in [0.25, 0.3) is 10.8 Å². The third-order valence-corrected chi connectivity index (χ3v) is 16.9. The van der Waals surface area contributed by atoms with Crippen LogP contribution in [0, 0.1) is 5.92 Å². The summed E-state index contributed by atoms with van der Waals surface area (Å²) in [5.74, 6) is -6.90. The van der Waals surface area contributed by atoms with Crippen molar-refractivity contribution in [2.75, 3.05) is 26.2 Å². The molecule has 4 aromatic rings. The Bertz CT molecular complexity index is 3580. The number of carboxylic acid groups (broad SMARTS) is 1. The maximum absolute atomic E-state index is 15.2. The molecule has 0 bridgehead atoms. The highest BCUT2D eigenvalue weighted by atomic mass is 35.5. The molecular weight excluding hydrogens is 1320 g/mol. The number of nitrogens with one attached hydrogen (secondary N) is 11. The normalized spacial score (nSPS) is 22.6. The lowest BCUT2D eigenvalue weighted by Crippen LogP contribution is -2.61. The number of guanidine groups is 1. The van der Waals surface area contributed by atoms with Crippen LogP contribution in [-0.4, -0.2) is 184 Å². The monoisotopic (exact) mass is 1410 g/mol. The van der Waals surface area contributed by atoms with Gasteiger partial charge in [0, 0.05) is 76.2 Å². The minimum absolute atomic E-state index is 0.00431. The number of benzene rings is 3. The minimum Gasteiger partial charge on any atom is -0.480 e. The summed E-state index contributed by atoms with van der Waals surface area (Å²) in [5.41, 5.74) is 20.3. The van der Waals surface area contributed by atoms with Gasteiger partial charge in [-0.25, -0.2) is 10.6 Å². The topological polar surface area (TPSA) is 507 Å². The summed E-state index contributed by atoms with van der Waals surface area (Å²) in [6.07, 6.45) is 1.13. The number of carbonyl (C=O) groups is 13. The molecule has 540 valence electrons.